The highest BCUT2D eigenvalue weighted by atomic mass is 79.9. The zero-order chi connectivity index (χ0) is 26.4. The lowest BCUT2D eigenvalue weighted by Gasteiger charge is -2.27. The normalized spacial score (nSPS) is 15.5. The molecule has 0 radical (unpaired) electrons. The number of carbonyl (C=O) groups is 1. The number of hydrogen-bond donors (Lipinski definition) is 0. The summed E-state index contributed by atoms with van der Waals surface area (Å²) in [4.78, 5) is 34.2. The summed E-state index contributed by atoms with van der Waals surface area (Å²) in [5.74, 6) is 0.494. The molecule has 3 aromatic carbocycles. The Labute approximate surface area is 227 Å². The van der Waals surface area contributed by atoms with Crippen molar-refractivity contribution in [1.82, 2.24) is 4.57 Å². The first-order valence-corrected chi connectivity index (χ1v) is 13.4. The van der Waals surface area contributed by atoms with Crippen LogP contribution in [0, 0.1) is 0 Å². The number of allylic oxidation sites excluding steroid dienone is 2. The lowest BCUT2D eigenvalue weighted by atomic mass is 9.89. The van der Waals surface area contributed by atoms with E-state index >= 15 is 0 Å². The van der Waals surface area contributed by atoms with Gasteiger partial charge in [-0.1, -0.05) is 47.7 Å². The average Bonchev–Trinajstić information content (AvgIpc) is 3.16. The second-order valence-corrected chi connectivity index (χ2v) is 11.0. The molecule has 0 aliphatic carbocycles. The number of rotatable bonds is 5. The molecule has 6 nitrogen and oxygen atoms in total. The SMILES string of the molecule is COc1ccc2ccccc2c1C1C(C(C)=O)=C(C)N=c2s/c(=C\c3ccc(N(C)C)c(Br)c3)c(=O)n21. The summed E-state index contributed by atoms with van der Waals surface area (Å²) >= 11 is 4.95. The molecular weight excluding hydrogens is 550 g/mol. The van der Waals surface area contributed by atoms with E-state index in [0.29, 0.717) is 26.4 Å². The molecule has 4 aromatic rings. The molecule has 0 amide bonds. The smallest absolute Gasteiger partial charge is 0.271 e. The first kappa shape index (κ1) is 25.2. The third-order valence-electron chi connectivity index (χ3n) is 6.58. The van der Waals surface area contributed by atoms with E-state index in [4.69, 9.17) is 9.73 Å². The summed E-state index contributed by atoms with van der Waals surface area (Å²) in [6.45, 7) is 3.35. The third-order valence-corrected chi connectivity index (χ3v) is 8.19. The number of benzene rings is 3. The molecule has 0 saturated carbocycles. The number of carbonyl (C=O) groups excluding carboxylic acids is 1. The lowest BCUT2D eigenvalue weighted by Crippen LogP contribution is -2.39. The van der Waals surface area contributed by atoms with Crippen LogP contribution >= 0.6 is 27.3 Å². The van der Waals surface area contributed by atoms with Crippen molar-refractivity contribution in [3.63, 3.8) is 0 Å². The summed E-state index contributed by atoms with van der Waals surface area (Å²) in [6.07, 6.45) is 1.87. The Morgan fingerprint density at radius 3 is 2.59 bits per heavy atom. The van der Waals surface area contributed by atoms with Crippen LogP contribution in [0.3, 0.4) is 0 Å². The van der Waals surface area contributed by atoms with Crippen molar-refractivity contribution in [3.8, 4) is 5.75 Å². The minimum Gasteiger partial charge on any atom is -0.496 e. The van der Waals surface area contributed by atoms with Crippen molar-refractivity contribution in [3.05, 3.63) is 101 Å². The largest absolute Gasteiger partial charge is 0.496 e. The van der Waals surface area contributed by atoms with Gasteiger partial charge >= 0.3 is 0 Å². The molecule has 0 fully saturated rings. The van der Waals surface area contributed by atoms with Gasteiger partial charge in [-0.2, -0.15) is 0 Å². The van der Waals surface area contributed by atoms with Crippen LogP contribution in [-0.2, 0) is 4.79 Å². The average molecular weight is 577 g/mol. The van der Waals surface area contributed by atoms with Crippen LogP contribution in [0.15, 0.2) is 80.1 Å². The lowest BCUT2D eigenvalue weighted by molar-refractivity contribution is -0.114. The Morgan fingerprint density at radius 2 is 1.92 bits per heavy atom. The van der Waals surface area contributed by atoms with Crippen molar-refractivity contribution < 1.29 is 9.53 Å². The molecule has 5 rings (SSSR count). The summed E-state index contributed by atoms with van der Waals surface area (Å²) in [6, 6.07) is 17.1. The highest BCUT2D eigenvalue weighted by molar-refractivity contribution is 9.10. The Bertz CT molecular complexity index is 1780. The van der Waals surface area contributed by atoms with Crippen LogP contribution in [0.5, 0.6) is 5.75 Å². The zero-order valence-corrected chi connectivity index (χ0v) is 23.6. The Morgan fingerprint density at radius 1 is 1.16 bits per heavy atom. The summed E-state index contributed by atoms with van der Waals surface area (Å²) in [7, 11) is 5.57. The number of Topliss-reactive ketones (excluding diaryl/α,β-unsaturated/α-hetero) is 1. The fourth-order valence-corrected chi connectivity index (χ4v) is 6.70. The van der Waals surface area contributed by atoms with Crippen molar-refractivity contribution >= 4 is 55.6 Å². The van der Waals surface area contributed by atoms with E-state index in [0.717, 1.165) is 32.1 Å². The number of anilines is 1. The van der Waals surface area contributed by atoms with Gasteiger partial charge in [-0.3, -0.25) is 14.2 Å². The van der Waals surface area contributed by atoms with Gasteiger partial charge in [0.05, 0.1) is 23.4 Å². The number of aromatic nitrogens is 1. The Hall–Kier alpha value is -3.49. The molecule has 1 aromatic heterocycles. The zero-order valence-electron chi connectivity index (χ0n) is 21.2. The maximum Gasteiger partial charge on any atom is 0.271 e. The van der Waals surface area contributed by atoms with Gasteiger partial charge in [0.1, 0.15) is 5.75 Å². The standard InChI is InChI=1S/C29H26BrN3O3S/c1-16-25(17(2)34)27(26-20-9-7-6-8-19(20)11-13-23(26)36-5)33-28(35)24(37-29(33)31-16)15-18-10-12-22(32(3)4)21(30)14-18/h6-15,27H,1-5H3/b24-15-. The number of nitrogens with zero attached hydrogens (tertiary/aromatic N) is 3. The second kappa shape index (κ2) is 9.76. The van der Waals surface area contributed by atoms with Gasteiger partial charge in [-0.05, 0) is 70.4 Å². The first-order chi connectivity index (χ1) is 17.7. The second-order valence-electron chi connectivity index (χ2n) is 9.15. The van der Waals surface area contributed by atoms with Crippen molar-refractivity contribution in [2.45, 2.75) is 19.9 Å². The molecule has 1 aliphatic rings. The van der Waals surface area contributed by atoms with E-state index in [-0.39, 0.29) is 11.3 Å². The van der Waals surface area contributed by atoms with Crippen molar-refractivity contribution in [1.29, 1.82) is 0 Å². The fourth-order valence-electron chi connectivity index (χ4n) is 4.91. The number of thiazole rings is 1. The van der Waals surface area contributed by atoms with E-state index < -0.39 is 6.04 Å². The van der Waals surface area contributed by atoms with E-state index in [1.807, 2.05) is 86.6 Å². The molecular formula is C29H26BrN3O3S. The summed E-state index contributed by atoms with van der Waals surface area (Å²) in [5, 5.41) is 1.93. The van der Waals surface area contributed by atoms with Gasteiger partial charge in [-0.15, -0.1) is 0 Å². The van der Waals surface area contributed by atoms with E-state index in [9.17, 15) is 9.59 Å². The van der Waals surface area contributed by atoms with Crippen molar-refractivity contribution in [2.24, 2.45) is 4.99 Å². The number of ketones is 1. The quantitative estimate of drug-likeness (QED) is 0.342. The van der Waals surface area contributed by atoms with Gasteiger partial charge in [-0.25, -0.2) is 4.99 Å². The molecule has 0 spiro atoms. The van der Waals surface area contributed by atoms with Crippen molar-refractivity contribution in [2.75, 3.05) is 26.1 Å². The van der Waals surface area contributed by atoms with Crippen LogP contribution in [0.2, 0.25) is 0 Å². The molecule has 2 heterocycles. The van der Waals surface area contributed by atoms with Gasteiger partial charge in [0, 0.05) is 35.4 Å². The first-order valence-electron chi connectivity index (χ1n) is 11.8. The highest BCUT2D eigenvalue weighted by Crippen LogP contribution is 2.40. The van der Waals surface area contributed by atoms with E-state index in [1.54, 1.807) is 11.7 Å². The number of hydrogen-bond acceptors (Lipinski definition) is 6. The topological polar surface area (TPSA) is 63.9 Å². The minimum atomic E-state index is -0.653. The maximum absolute atomic E-state index is 14.0. The predicted molar refractivity (Wildman–Crippen MR) is 153 cm³/mol. The fraction of sp³-hybridized carbons (Fsp3) is 0.207. The maximum atomic E-state index is 14.0. The number of ether oxygens (including phenoxy) is 1. The van der Waals surface area contributed by atoms with Gasteiger partial charge in [0.15, 0.2) is 10.6 Å². The monoisotopic (exact) mass is 575 g/mol. The van der Waals surface area contributed by atoms with E-state index in [1.165, 1.54) is 18.3 Å². The molecule has 37 heavy (non-hydrogen) atoms. The molecule has 0 N–H and O–H groups in total. The van der Waals surface area contributed by atoms with Crippen LogP contribution in [-0.4, -0.2) is 31.6 Å². The molecule has 1 atom stereocenters. The molecule has 8 heteroatoms. The van der Waals surface area contributed by atoms with Gasteiger partial charge < -0.3 is 9.64 Å². The predicted octanol–water partition coefficient (Wildman–Crippen LogP) is 4.81. The number of methoxy groups -OCH3 is 1. The molecule has 188 valence electrons. The Kier molecular flexibility index (Phi) is 6.64. The molecule has 1 unspecified atom stereocenters. The summed E-state index contributed by atoms with van der Waals surface area (Å²) in [5.41, 5.74) is 3.63. The van der Waals surface area contributed by atoms with E-state index in [2.05, 4.69) is 15.9 Å². The van der Waals surface area contributed by atoms with Gasteiger partial charge in [0.2, 0.25) is 0 Å². The minimum absolute atomic E-state index is 0.126. The Balaban J connectivity index is 1.80. The van der Waals surface area contributed by atoms with Crippen LogP contribution in [0.1, 0.15) is 31.0 Å². The van der Waals surface area contributed by atoms with Crippen LogP contribution in [0.25, 0.3) is 16.8 Å². The van der Waals surface area contributed by atoms with Crippen LogP contribution in [0.4, 0.5) is 5.69 Å². The third kappa shape index (κ3) is 4.34. The highest BCUT2D eigenvalue weighted by Gasteiger charge is 2.33. The molecule has 1 aliphatic heterocycles. The number of fused-ring (bicyclic) bond motifs is 2. The molecule has 0 saturated heterocycles. The van der Waals surface area contributed by atoms with Gasteiger partial charge in [0.25, 0.3) is 5.56 Å². The number of halogens is 1. The summed E-state index contributed by atoms with van der Waals surface area (Å²) < 4.78 is 8.91. The van der Waals surface area contributed by atoms with Crippen LogP contribution < -0.4 is 24.5 Å². The molecule has 0 bridgehead atoms.